The van der Waals surface area contributed by atoms with E-state index in [4.69, 9.17) is 11.6 Å². The molecule has 0 spiro atoms. The molecular weight excluding hydrogens is 374 g/mol. The Kier molecular flexibility index (Phi) is 7.05. The number of rotatable bonds is 6. The lowest BCUT2D eigenvalue weighted by Gasteiger charge is -2.44. The summed E-state index contributed by atoms with van der Waals surface area (Å²) >= 11 is 6.52. The molecule has 6 nitrogen and oxygen atoms in total. The van der Waals surface area contributed by atoms with Gasteiger partial charge in [0.25, 0.3) is 5.91 Å². The van der Waals surface area contributed by atoms with Crippen molar-refractivity contribution in [1.29, 1.82) is 0 Å². The average molecular weight is 410 g/mol. The standard InChI is InChI=1S/C21H36ClN5O/c1-5-6-9-27-19(22)18(17(2)23-27)20(28)26-10-7-21(3,8-11-26)16-25-14-12-24(4)13-15-25/h5-16H2,1-4H3. The van der Waals surface area contributed by atoms with E-state index >= 15 is 0 Å². The molecule has 2 aliphatic rings. The third-order valence-electron chi connectivity index (χ3n) is 6.46. The fraction of sp³-hybridized carbons (Fsp3) is 0.810. The summed E-state index contributed by atoms with van der Waals surface area (Å²) in [5.41, 5.74) is 1.63. The highest BCUT2D eigenvalue weighted by atomic mass is 35.5. The van der Waals surface area contributed by atoms with Crippen molar-refractivity contribution in [2.24, 2.45) is 5.41 Å². The van der Waals surface area contributed by atoms with Crippen LogP contribution in [0, 0.1) is 12.3 Å². The quantitative estimate of drug-likeness (QED) is 0.724. The maximum Gasteiger partial charge on any atom is 0.258 e. The number of piperazine rings is 1. The van der Waals surface area contributed by atoms with Gasteiger partial charge in [0.05, 0.1) is 11.3 Å². The molecule has 0 unspecified atom stereocenters. The zero-order valence-corrected chi connectivity index (χ0v) is 18.8. The summed E-state index contributed by atoms with van der Waals surface area (Å²) in [6, 6.07) is 0. The third kappa shape index (κ3) is 4.89. The lowest BCUT2D eigenvalue weighted by Crippen LogP contribution is -2.51. The van der Waals surface area contributed by atoms with Crippen LogP contribution in [0.5, 0.6) is 0 Å². The number of nitrogens with zero attached hydrogens (tertiary/aromatic N) is 5. The van der Waals surface area contributed by atoms with Crippen molar-refractivity contribution in [2.75, 3.05) is 52.9 Å². The zero-order valence-electron chi connectivity index (χ0n) is 18.0. The molecule has 1 aromatic rings. The maximum absolute atomic E-state index is 13.1. The zero-order chi connectivity index (χ0) is 20.3. The van der Waals surface area contributed by atoms with Gasteiger partial charge in [0.2, 0.25) is 0 Å². The normalized spacial score (nSPS) is 21.2. The lowest BCUT2D eigenvalue weighted by atomic mass is 9.79. The number of carbonyl (C=O) groups is 1. The topological polar surface area (TPSA) is 44.6 Å². The first-order chi connectivity index (χ1) is 13.3. The second kappa shape index (κ2) is 9.14. The van der Waals surface area contributed by atoms with Crippen molar-refractivity contribution in [3.8, 4) is 0 Å². The first-order valence-electron chi connectivity index (χ1n) is 10.8. The summed E-state index contributed by atoms with van der Waals surface area (Å²) in [6.07, 6.45) is 4.19. The predicted octanol–water partition coefficient (Wildman–Crippen LogP) is 3.13. The van der Waals surface area contributed by atoms with Crippen molar-refractivity contribution < 1.29 is 4.79 Å². The van der Waals surface area contributed by atoms with E-state index in [1.165, 1.54) is 0 Å². The molecule has 7 heteroatoms. The molecule has 158 valence electrons. The summed E-state index contributed by atoms with van der Waals surface area (Å²) in [4.78, 5) is 20.1. The molecule has 2 saturated heterocycles. The molecule has 0 atom stereocenters. The number of likely N-dealkylation sites (N-methyl/N-ethyl adjacent to an activating group) is 1. The van der Waals surface area contributed by atoms with E-state index in [9.17, 15) is 4.79 Å². The number of hydrogen-bond donors (Lipinski definition) is 0. The molecule has 0 bridgehead atoms. The summed E-state index contributed by atoms with van der Waals surface area (Å²) in [5.74, 6) is 0.0481. The number of unbranched alkanes of at least 4 members (excludes halogenated alkanes) is 1. The first kappa shape index (κ1) is 21.6. The van der Waals surface area contributed by atoms with Crippen molar-refractivity contribution >= 4 is 17.5 Å². The summed E-state index contributed by atoms with van der Waals surface area (Å²) < 4.78 is 1.79. The maximum atomic E-state index is 13.1. The second-order valence-corrected chi connectivity index (χ2v) is 9.37. The Morgan fingerprint density at radius 1 is 1.14 bits per heavy atom. The van der Waals surface area contributed by atoms with Crippen molar-refractivity contribution in [2.45, 2.75) is 53.0 Å². The van der Waals surface area contributed by atoms with E-state index < -0.39 is 0 Å². The molecule has 1 amide bonds. The van der Waals surface area contributed by atoms with Gasteiger partial charge >= 0.3 is 0 Å². The van der Waals surface area contributed by atoms with Crippen LogP contribution in [0.1, 0.15) is 55.6 Å². The Labute approximate surface area is 174 Å². The van der Waals surface area contributed by atoms with Gasteiger partial charge in [-0.05, 0) is 38.6 Å². The number of carbonyl (C=O) groups excluding carboxylic acids is 1. The number of aryl methyl sites for hydroxylation is 2. The number of likely N-dealkylation sites (tertiary alicyclic amines) is 1. The van der Waals surface area contributed by atoms with Crippen molar-refractivity contribution in [3.63, 3.8) is 0 Å². The molecule has 0 radical (unpaired) electrons. The van der Waals surface area contributed by atoms with Crippen LogP contribution in [0.4, 0.5) is 0 Å². The van der Waals surface area contributed by atoms with E-state index in [0.717, 1.165) is 83.7 Å². The molecule has 28 heavy (non-hydrogen) atoms. The van der Waals surface area contributed by atoms with Gasteiger partial charge in [0.1, 0.15) is 5.15 Å². The minimum atomic E-state index is 0.0481. The van der Waals surface area contributed by atoms with E-state index in [0.29, 0.717) is 10.7 Å². The minimum Gasteiger partial charge on any atom is -0.338 e. The minimum absolute atomic E-state index is 0.0481. The van der Waals surface area contributed by atoms with Gasteiger partial charge in [-0.2, -0.15) is 5.10 Å². The van der Waals surface area contributed by atoms with Gasteiger partial charge < -0.3 is 14.7 Å². The Bertz CT molecular complexity index is 673. The number of aromatic nitrogens is 2. The van der Waals surface area contributed by atoms with Crippen LogP contribution in [0.15, 0.2) is 0 Å². The third-order valence-corrected chi connectivity index (χ3v) is 6.85. The van der Waals surface area contributed by atoms with E-state index in [-0.39, 0.29) is 11.3 Å². The molecule has 0 aliphatic carbocycles. The number of halogens is 1. The predicted molar refractivity (Wildman–Crippen MR) is 114 cm³/mol. The summed E-state index contributed by atoms with van der Waals surface area (Å²) in [5, 5.41) is 5.00. The largest absolute Gasteiger partial charge is 0.338 e. The number of piperidine rings is 1. The fourth-order valence-corrected chi connectivity index (χ4v) is 4.70. The first-order valence-corrected chi connectivity index (χ1v) is 11.1. The van der Waals surface area contributed by atoms with Crippen LogP contribution in [0.3, 0.4) is 0 Å². The van der Waals surface area contributed by atoms with Gasteiger partial charge in [-0.1, -0.05) is 31.9 Å². The van der Waals surface area contributed by atoms with Crippen molar-refractivity contribution in [3.05, 3.63) is 16.4 Å². The molecule has 2 aliphatic heterocycles. The molecule has 3 rings (SSSR count). The van der Waals surface area contributed by atoms with Crippen LogP contribution in [-0.2, 0) is 6.54 Å². The van der Waals surface area contributed by atoms with E-state index in [2.05, 4.69) is 35.8 Å². The summed E-state index contributed by atoms with van der Waals surface area (Å²) in [6.45, 7) is 14.5. The van der Waals surface area contributed by atoms with Gasteiger partial charge in [-0.3, -0.25) is 9.48 Å². The monoisotopic (exact) mass is 409 g/mol. The van der Waals surface area contributed by atoms with Crippen LogP contribution in [0.25, 0.3) is 0 Å². The van der Waals surface area contributed by atoms with Gasteiger partial charge in [0.15, 0.2) is 0 Å². The highest BCUT2D eigenvalue weighted by Gasteiger charge is 2.35. The smallest absolute Gasteiger partial charge is 0.258 e. The van der Waals surface area contributed by atoms with E-state index in [1.54, 1.807) is 4.68 Å². The van der Waals surface area contributed by atoms with Crippen molar-refractivity contribution in [1.82, 2.24) is 24.5 Å². The fourth-order valence-electron chi connectivity index (χ4n) is 4.36. The second-order valence-electron chi connectivity index (χ2n) is 9.01. The van der Waals surface area contributed by atoms with Crippen LogP contribution in [0.2, 0.25) is 5.15 Å². The molecule has 0 N–H and O–H groups in total. The molecule has 0 aromatic carbocycles. The summed E-state index contributed by atoms with van der Waals surface area (Å²) in [7, 11) is 2.20. The van der Waals surface area contributed by atoms with Gasteiger partial charge in [0, 0.05) is 52.4 Å². The molecule has 3 heterocycles. The molecule has 0 saturated carbocycles. The van der Waals surface area contributed by atoms with Gasteiger partial charge in [-0.15, -0.1) is 0 Å². The number of hydrogen-bond acceptors (Lipinski definition) is 4. The lowest BCUT2D eigenvalue weighted by molar-refractivity contribution is 0.0432. The van der Waals surface area contributed by atoms with Crippen LogP contribution >= 0.6 is 11.6 Å². The Morgan fingerprint density at radius 2 is 1.79 bits per heavy atom. The molecule has 1 aromatic heterocycles. The SMILES string of the molecule is CCCCn1nc(C)c(C(=O)N2CCC(C)(CN3CCN(C)CC3)CC2)c1Cl. The highest BCUT2D eigenvalue weighted by Crippen LogP contribution is 2.33. The average Bonchev–Trinajstić information content (AvgIpc) is 2.95. The van der Waals surface area contributed by atoms with Crippen LogP contribution in [-0.4, -0.2) is 83.2 Å². The molecular formula is C21H36ClN5O. The Balaban J connectivity index is 1.58. The van der Waals surface area contributed by atoms with Crippen LogP contribution < -0.4 is 0 Å². The number of amides is 1. The highest BCUT2D eigenvalue weighted by molar-refractivity contribution is 6.33. The van der Waals surface area contributed by atoms with Gasteiger partial charge in [-0.25, -0.2) is 0 Å². The molecule has 2 fully saturated rings. The Morgan fingerprint density at radius 3 is 2.39 bits per heavy atom. The Hall–Kier alpha value is -1.11. The van der Waals surface area contributed by atoms with E-state index in [1.807, 2.05) is 11.8 Å².